The Morgan fingerprint density at radius 2 is 1.64 bits per heavy atom. The van der Waals surface area contributed by atoms with Gasteiger partial charge in [0.15, 0.2) is 0 Å². The second kappa shape index (κ2) is 7.36. The van der Waals surface area contributed by atoms with Crippen LogP contribution >= 0.6 is 0 Å². The van der Waals surface area contributed by atoms with Crippen LogP contribution in [0.1, 0.15) is 98.8 Å². The van der Waals surface area contributed by atoms with E-state index in [2.05, 4.69) is 47.1 Å². The fourth-order valence-corrected chi connectivity index (χ4v) is 11.4. The summed E-state index contributed by atoms with van der Waals surface area (Å²) < 4.78 is 0. The maximum atomic E-state index is 10.9. The summed E-state index contributed by atoms with van der Waals surface area (Å²) in [6.45, 7) is 17.0. The normalized spacial score (nSPS) is 57.8. The summed E-state index contributed by atoms with van der Waals surface area (Å²) in [6.07, 6.45) is 17.4. The van der Waals surface area contributed by atoms with Crippen LogP contribution in [0.5, 0.6) is 0 Å². The van der Waals surface area contributed by atoms with Crippen molar-refractivity contribution in [3.8, 4) is 12.3 Å². The van der Waals surface area contributed by atoms with Crippen LogP contribution in [0.25, 0.3) is 0 Å². The molecule has 0 saturated heterocycles. The molecule has 11 atom stereocenters. The van der Waals surface area contributed by atoms with Gasteiger partial charge in [0.1, 0.15) is 0 Å². The minimum atomic E-state index is -0.402. The van der Waals surface area contributed by atoms with E-state index in [4.69, 9.17) is 6.42 Å². The highest BCUT2D eigenvalue weighted by Gasteiger charge is 2.71. The average molecular weight is 453 g/mol. The summed E-state index contributed by atoms with van der Waals surface area (Å²) in [5, 5.41) is 21.6. The van der Waals surface area contributed by atoms with E-state index in [1.54, 1.807) is 0 Å². The van der Waals surface area contributed by atoms with Crippen LogP contribution in [0.2, 0.25) is 0 Å². The first-order valence-electron chi connectivity index (χ1n) is 13.9. The van der Waals surface area contributed by atoms with Gasteiger partial charge in [0, 0.05) is 6.61 Å². The molecule has 184 valence electrons. The number of fused-ring (bicyclic) bond motifs is 7. The fraction of sp³-hybridized carbons (Fsp3) is 0.871. The highest BCUT2D eigenvalue weighted by molar-refractivity contribution is 5.24. The molecule has 0 bridgehead atoms. The lowest BCUT2D eigenvalue weighted by Gasteiger charge is -2.72. The fourth-order valence-electron chi connectivity index (χ4n) is 11.4. The highest BCUT2D eigenvalue weighted by atomic mass is 16.3. The van der Waals surface area contributed by atoms with Crippen LogP contribution in [-0.2, 0) is 0 Å². The molecule has 2 nitrogen and oxygen atoms in total. The van der Waals surface area contributed by atoms with Gasteiger partial charge in [-0.25, -0.2) is 0 Å². The Kier molecular flexibility index (Phi) is 5.34. The molecular weight excluding hydrogens is 404 g/mol. The lowest BCUT2D eigenvalue weighted by molar-refractivity contribution is -0.244. The lowest BCUT2D eigenvalue weighted by Crippen LogP contribution is -2.67. The maximum Gasteiger partial charge on any atom is 0.0706 e. The maximum absolute atomic E-state index is 10.9. The first-order chi connectivity index (χ1) is 15.4. The minimum Gasteiger partial charge on any atom is -0.396 e. The van der Waals surface area contributed by atoms with Crippen LogP contribution in [0.4, 0.5) is 0 Å². The number of hydrogen-bond donors (Lipinski definition) is 2. The summed E-state index contributed by atoms with van der Waals surface area (Å²) in [4.78, 5) is 0. The molecule has 0 heterocycles. The van der Waals surface area contributed by atoms with Gasteiger partial charge in [0.25, 0.3) is 0 Å². The SMILES string of the molecule is C#C[C@@]1(C)C2CC[C@]3(C)C(CCC4C5[C@H](C(=C)C)CC[C@]5(CO)CC[C@]43C)[C@@]2(C)CC[C@@H]1O. The average Bonchev–Trinajstić information content (AvgIpc) is 3.17. The van der Waals surface area contributed by atoms with Crippen molar-refractivity contribution in [1.82, 2.24) is 0 Å². The predicted octanol–water partition coefficient (Wildman–Crippen LogP) is 6.61. The molecule has 0 aliphatic heterocycles. The number of aliphatic hydroxyl groups is 2. The third kappa shape index (κ3) is 2.76. The van der Waals surface area contributed by atoms with Crippen molar-refractivity contribution in [3.63, 3.8) is 0 Å². The minimum absolute atomic E-state index is 0.120. The molecule has 0 aromatic carbocycles. The standard InChI is InChI=1S/C31H48O2/c1-8-27(4)23-12-15-30(7)24(28(23,5)14-13-25(27)33)10-9-22-26-21(20(2)3)11-16-31(26,19-32)18-17-29(22,30)6/h1,21-26,32-33H,2,9-19H2,3-7H3/t21-,22?,23?,24?,25-,26?,27-,28-,29+,30+,31+/m0/s1. The Balaban J connectivity index is 1.56. The third-order valence-electron chi connectivity index (χ3n) is 13.5. The molecule has 4 unspecified atom stereocenters. The molecule has 5 rings (SSSR count). The van der Waals surface area contributed by atoms with Gasteiger partial charge in [-0.3, -0.25) is 0 Å². The summed E-state index contributed by atoms with van der Waals surface area (Å²) >= 11 is 0. The molecule has 0 aromatic rings. The molecule has 5 saturated carbocycles. The zero-order valence-corrected chi connectivity index (χ0v) is 21.9. The monoisotopic (exact) mass is 452 g/mol. The second-order valence-corrected chi connectivity index (χ2v) is 14.2. The molecule has 0 aromatic heterocycles. The zero-order chi connectivity index (χ0) is 24.0. The Hall–Kier alpha value is -0.780. The van der Waals surface area contributed by atoms with E-state index in [1.807, 2.05) is 0 Å². The van der Waals surface area contributed by atoms with Gasteiger partial charge >= 0.3 is 0 Å². The Bertz CT molecular complexity index is 871. The Labute approximate surface area is 203 Å². The number of rotatable bonds is 2. The topological polar surface area (TPSA) is 40.5 Å². The summed E-state index contributed by atoms with van der Waals surface area (Å²) in [7, 11) is 0. The smallest absolute Gasteiger partial charge is 0.0706 e. The third-order valence-corrected chi connectivity index (χ3v) is 13.5. The van der Waals surface area contributed by atoms with Crippen molar-refractivity contribution in [2.75, 3.05) is 6.61 Å². The van der Waals surface area contributed by atoms with Crippen LogP contribution in [0.15, 0.2) is 12.2 Å². The van der Waals surface area contributed by atoms with Gasteiger partial charge < -0.3 is 10.2 Å². The van der Waals surface area contributed by atoms with Crippen LogP contribution in [0.3, 0.4) is 0 Å². The molecule has 33 heavy (non-hydrogen) atoms. The van der Waals surface area contributed by atoms with E-state index in [0.717, 1.165) is 19.3 Å². The Morgan fingerprint density at radius 1 is 0.909 bits per heavy atom. The largest absolute Gasteiger partial charge is 0.396 e. The number of terminal acetylenes is 1. The van der Waals surface area contributed by atoms with E-state index in [1.165, 1.54) is 50.5 Å². The molecule has 5 aliphatic rings. The highest BCUT2D eigenvalue weighted by Crippen LogP contribution is 2.77. The predicted molar refractivity (Wildman–Crippen MR) is 135 cm³/mol. The van der Waals surface area contributed by atoms with Crippen LogP contribution < -0.4 is 0 Å². The zero-order valence-electron chi connectivity index (χ0n) is 21.9. The number of aliphatic hydroxyl groups excluding tert-OH is 2. The van der Waals surface area contributed by atoms with E-state index in [0.29, 0.717) is 47.0 Å². The van der Waals surface area contributed by atoms with E-state index in [-0.39, 0.29) is 16.9 Å². The number of allylic oxidation sites excluding steroid dienone is 1. The molecule has 2 N–H and O–H groups in total. The first kappa shape index (κ1) is 23.9. The van der Waals surface area contributed by atoms with E-state index < -0.39 is 5.41 Å². The lowest BCUT2D eigenvalue weighted by atomic mass is 9.32. The van der Waals surface area contributed by atoms with Crippen molar-refractivity contribution >= 4 is 0 Å². The quantitative estimate of drug-likeness (QED) is 0.365. The van der Waals surface area contributed by atoms with Crippen LogP contribution in [-0.4, -0.2) is 22.9 Å². The molecular formula is C31H48O2. The van der Waals surface area contributed by atoms with Crippen LogP contribution in [0, 0.1) is 69.0 Å². The first-order valence-corrected chi connectivity index (χ1v) is 13.9. The molecule has 0 amide bonds. The number of hydrogen-bond acceptors (Lipinski definition) is 2. The molecule has 5 aliphatic carbocycles. The summed E-state index contributed by atoms with van der Waals surface area (Å²) in [5.41, 5.74) is 1.86. The van der Waals surface area contributed by atoms with Gasteiger partial charge in [-0.1, -0.05) is 38.8 Å². The Morgan fingerprint density at radius 3 is 2.27 bits per heavy atom. The molecule has 0 radical (unpaired) electrons. The van der Waals surface area contributed by atoms with Crippen molar-refractivity contribution in [2.45, 2.75) is 105 Å². The van der Waals surface area contributed by atoms with Gasteiger partial charge in [0.05, 0.1) is 11.5 Å². The van der Waals surface area contributed by atoms with Crippen molar-refractivity contribution in [1.29, 1.82) is 0 Å². The molecule has 0 spiro atoms. The second-order valence-electron chi connectivity index (χ2n) is 14.2. The van der Waals surface area contributed by atoms with Crippen molar-refractivity contribution in [3.05, 3.63) is 12.2 Å². The van der Waals surface area contributed by atoms with Crippen molar-refractivity contribution in [2.24, 2.45) is 56.7 Å². The van der Waals surface area contributed by atoms with E-state index >= 15 is 0 Å². The molecule has 2 heteroatoms. The van der Waals surface area contributed by atoms with E-state index in [9.17, 15) is 10.2 Å². The van der Waals surface area contributed by atoms with Gasteiger partial charge in [-0.05, 0) is 129 Å². The molecule has 5 fully saturated rings. The van der Waals surface area contributed by atoms with Crippen molar-refractivity contribution < 1.29 is 10.2 Å². The van der Waals surface area contributed by atoms with Gasteiger partial charge in [-0.2, -0.15) is 0 Å². The van der Waals surface area contributed by atoms with Gasteiger partial charge in [-0.15, -0.1) is 6.42 Å². The van der Waals surface area contributed by atoms with Gasteiger partial charge in [0.2, 0.25) is 0 Å². The summed E-state index contributed by atoms with van der Waals surface area (Å²) in [6, 6.07) is 0. The summed E-state index contributed by atoms with van der Waals surface area (Å²) in [5.74, 6) is 6.01.